The second-order valence-corrected chi connectivity index (χ2v) is 5.84. The van der Waals surface area contributed by atoms with Gasteiger partial charge < -0.3 is 5.73 Å². The summed E-state index contributed by atoms with van der Waals surface area (Å²) in [6, 6.07) is 2.17. The zero-order chi connectivity index (χ0) is 12.3. The Morgan fingerprint density at radius 3 is 2.44 bits per heavy atom. The van der Waals surface area contributed by atoms with Gasteiger partial charge in [-0.1, -0.05) is 20.8 Å². The summed E-state index contributed by atoms with van der Waals surface area (Å²) < 4.78 is 0. The van der Waals surface area contributed by atoms with E-state index in [1.165, 1.54) is 0 Å². The Kier molecular flexibility index (Phi) is 4.03. The van der Waals surface area contributed by atoms with Gasteiger partial charge in [-0.05, 0) is 25.3 Å². The number of rotatable bonds is 3. The first kappa shape index (κ1) is 13.1. The van der Waals surface area contributed by atoms with Crippen molar-refractivity contribution in [3.05, 3.63) is 23.3 Å². The highest BCUT2D eigenvalue weighted by Gasteiger charge is 2.14. The smallest absolute Gasteiger partial charge is 0.129 e. The Hall–Kier alpha value is -0.960. The van der Waals surface area contributed by atoms with Crippen LogP contribution in [0.3, 0.4) is 0 Å². The zero-order valence-electron chi connectivity index (χ0n) is 11.0. The van der Waals surface area contributed by atoms with Gasteiger partial charge in [-0.25, -0.2) is 9.97 Å². The van der Waals surface area contributed by atoms with E-state index in [0.717, 1.165) is 30.1 Å². The molecular weight excluding hydrogens is 198 g/mol. The van der Waals surface area contributed by atoms with E-state index >= 15 is 0 Å². The molecule has 1 aromatic rings. The van der Waals surface area contributed by atoms with Gasteiger partial charge >= 0.3 is 0 Å². The Morgan fingerprint density at radius 1 is 1.31 bits per heavy atom. The maximum atomic E-state index is 5.79. The fourth-order valence-corrected chi connectivity index (χ4v) is 1.69. The fraction of sp³-hybridized carbons (Fsp3) is 0.692. The van der Waals surface area contributed by atoms with Crippen molar-refractivity contribution in [2.75, 3.05) is 0 Å². The monoisotopic (exact) mass is 221 g/mol. The zero-order valence-corrected chi connectivity index (χ0v) is 11.0. The van der Waals surface area contributed by atoms with Crippen LogP contribution in [0, 0.1) is 12.3 Å². The lowest BCUT2D eigenvalue weighted by atomic mass is 9.92. The van der Waals surface area contributed by atoms with Gasteiger partial charge in [-0.15, -0.1) is 0 Å². The van der Waals surface area contributed by atoms with Gasteiger partial charge in [0.05, 0.1) is 0 Å². The molecule has 90 valence electrons. The van der Waals surface area contributed by atoms with Crippen LogP contribution in [0.1, 0.15) is 44.9 Å². The minimum absolute atomic E-state index is 0.150. The van der Waals surface area contributed by atoms with Crippen LogP contribution in [0.25, 0.3) is 0 Å². The number of nitrogens with two attached hydrogens (primary N) is 1. The molecule has 0 aliphatic carbocycles. The van der Waals surface area contributed by atoms with Crippen LogP contribution in [0.15, 0.2) is 6.07 Å². The number of aryl methyl sites for hydroxylation is 1. The van der Waals surface area contributed by atoms with Crippen LogP contribution in [0.2, 0.25) is 0 Å². The largest absolute Gasteiger partial charge is 0.328 e. The van der Waals surface area contributed by atoms with Crippen molar-refractivity contribution in [1.29, 1.82) is 0 Å². The predicted molar refractivity (Wildman–Crippen MR) is 67.3 cm³/mol. The molecule has 0 fully saturated rings. The molecule has 0 bridgehead atoms. The fourth-order valence-electron chi connectivity index (χ4n) is 1.69. The molecule has 1 aromatic heterocycles. The molecule has 3 nitrogen and oxygen atoms in total. The molecule has 1 atom stereocenters. The molecule has 0 radical (unpaired) electrons. The quantitative estimate of drug-likeness (QED) is 0.851. The second-order valence-electron chi connectivity index (χ2n) is 5.84. The first-order valence-corrected chi connectivity index (χ1v) is 5.85. The minimum Gasteiger partial charge on any atom is -0.328 e. The van der Waals surface area contributed by atoms with Gasteiger partial charge in [0.2, 0.25) is 0 Å². The molecule has 0 aliphatic rings. The van der Waals surface area contributed by atoms with Crippen LogP contribution >= 0.6 is 0 Å². The second kappa shape index (κ2) is 4.91. The summed E-state index contributed by atoms with van der Waals surface area (Å²) >= 11 is 0. The molecule has 0 saturated heterocycles. The summed E-state index contributed by atoms with van der Waals surface area (Å²) in [5.74, 6) is 0.933. The first-order chi connectivity index (χ1) is 7.26. The predicted octanol–water partition coefficient (Wildman–Crippen LogP) is 2.26. The summed E-state index contributed by atoms with van der Waals surface area (Å²) in [6.07, 6.45) is 1.72. The number of aromatic nitrogens is 2. The van der Waals surface area contributed by atoms with Crippen molar-refractivity contribution in [2.24, 2.45) is 11.1 Å². The van der Waals surface area contributed by atoms with Gasteiger partial charge in [-0.2, -0.15) is 0 Å². The molecule has 1 rings (SSSR count). The van der Waals surface area contributed by atoms with Crippen molar-refractivity contribution in [2.45, 2.75) is 53.5 Å². The molecule has 1 unspecified atom stereocenters. The topological polar surface area (TPSA) is 51.8 Å². The van der Waals surface area contributed by atoms with Crippen LogP contribution in [0.5, 0.6) is 0 Å². The molecule has 0 spiro atoms. The highest BCUT2D eigenvalue weighted by molar-refractivity contribution is 5.11. The van der Waals surface area contributed by atoms with Crippen LogP contribution in [-0.2, 0) is 12.8 Å². The highest BCUT2D eigenvalue weighted by atomic mass is 14.9. The molecule has 0 saturated carbocycles. The van der Waals surface area contributed by atoms with Crippen molar-refractivity contribution >= 4 is 0 Å². The van der Waals surface area contributed by atoms with Crippen LogP contribution in [-0.4, -0.2) is 16.0 Å². The number of hydrogen-bond donors (Lipinski definition) is 1. The van der Waals surface area contributed by atoms with E-state index in [1.54, 1.807) is 0 Å². The van der Waals surface area contributed by atoms with Crippen LogP contribution < -0.4 is 5.73 Å². The third kappa shape index (κ3) is 4.71. The highest BCUT2D eigenvalue weighted by Crippen LogP contribution is 2.18. The summed E-state index contributed by atoms with van der Waals surface area (Å²) in [5.41, 5.74) is 8.10. The summed E-state index contributed by atoms with van der Waals surface area (Å²) in [4.78, 5) is 9.04. The third-order valence-corrected chi connectivity index (χ3v) is 2.17. The summed E-state index contributed by atoms with van der Waals surface area (Å²) in [6.45, 7) is 10.6. The first-order valence-electron chi connectivity index (χ1n) is 5.85. The van der Waals surface area contributed by atoms with E-state index in [1.807, 2.05) is 19.9 Å². The maximum Gasteiger partial charge on any atom is 0.129 e. The molecule has 0 amide bonds. The van der Waals surface area contributed by atoms with Gasteiger partial charge in [0, 0.05) is 30.3 Å². The Balaban J connectivity index is 2.90. The minimum atomic E-state index is 0.150. The number of hydrogen-bond acceptors (Lipinski definition) is 3. The van der Waals surface area contributed by atoms with Crippen molar-refractivity contribution in [3.8, 4) is 0 Å². The average molecular weight is 221 g/mol. The summed E-state index contributed by atoms with van der Waals surface area (Å²) in [7, 11) is 0. The SMILES string of the molecule is Cc1cc(CC(C)N)nc(CC(C)(C)C)n1. The number of nitrogens with zero attached hydrogens (tertiary/aromatic N) is 2. The van der Waals surface area contributed by atoms with E-state index in [2.05, 4.69) is 30.7 Å². The van der Waals surface area contributed by atoms with E-state index in [-0.39, 0.29) is 11.5 Å². The Labute approximate surface area is 98.5 Å². The molecular formula is C13H23N3. The normalized spacial score (nSPS) is 13.9. The van der Waals surface area contributed by atoms with E-state index in [0.29, 0.717) is 0 Å². The standard InChI is InChI=1S/C13H23N3/c1-9(14)6-11-7-10(2)15-12(16-11)8-13(3,4)5/h7,9H,6,8,14H2,1-5H3. The van der Waals surface area contributed by atoms with Gasteiger partial charge in [0.25, 0.3) is 0 Å². The molecule has 0 aromatic carbocycles. The maximum absolute atomic E-state index is 5.79. The van der Waals surface area contributed by atoms with Crippen LogP contribution in [0.4, 0.5) is 0 Å². The van der Waals surface area contributed by atoms with E-state index in [4.69, 9.17) is 5.73 Å². The van der Waals surface area contributed by atoms with Crippen molar-refractivity contribution in [1.82, 2.24) is 9.97 Å². The van der Waals surface area contributed by atoms with Gasteiger partial charge in [-0.3, -0.25) is 0 Å². The molecule has 2 N–H and O–H groups in total. The lowest BCUT2D eigenvalue weighted by Crippen LogP contribution is -2.20. The Bertz CT molecular complexity index is 351. The third-order valence-electron chi connectivity index (χ3n) is 2.17. The van der Waals surface area contributed by atoms with Gasteiger partial charge in [0.15, 0.2) is 0 Å². The lowest BCUT2D eigenvalue weighted by molar-refractivity contribution is 0.399. The van der Waals surface area contributed by atoms with E-state index in [9.17, 15) is 0 Å². The lowest BCUT2D eigenvalue weighted by Gasteiger charge is -2.17. The Morgan fingerprint density at radius 2 is 1.94 bits per heavy atom. The average Bonchev–Trinajstić information content (AvgIpc) is 1.96. The molecule has 16 heavy (non-hydrogen) atoms. The molecule has 1 heterocycles. The van der Waals surface area contributed by atoms with Crippen molar-refractivity contribution in [3.63, 3.8) is 0 Å². The van der Waals surface area contributed by atoms with Gasteiger partial charge in [0.1, 0.15) is 5.82 Å². The summed E-state index contributed by atoms with van der Waals surface area (Å²) in [5, 5.41) is 0. The molecule has 0 aliphatic heterocycles. The molecule has 3 heteroatoms. The van der Waals surface area contributed by atoms with Crippen molar-refractivity contribution < 1.29 is 0 Å². The van der Waals surface area contributed by atoms with E-state index < -0.39 is 0 Å².